The number of hydrogen-bond donors (Lipinski definition) is 1. The topological polar surface area (TPSA) is 55.8 Å². The minimum Gasteiger partial charge on any atom is -0.504 e. The Kier molecular flexibility index (Phi) is 3.55. The summed E-state index contributed by atoms with van der Waals surface area (Å²) in [5, 5.41) is 9.60. The van der Waals surface area contributed by atoms with Gasteiger partial charge in [-0.15, -0.1) is 0 Å². The molecule has 0 radical (unpaired) electrons. The Morgan fingerprint density at radius 1 is 1.33 bits per heavy atom. The van der Waals surface area contributed by atoms with Crippen molar-refractivity contribution < 1.29 is 19.4 Å². The van der Waals surface area contributed by atoms with Gasteiger partial charge in [0.05, 0.1) is 14.2 Å². The van der Waals surface area contributed by atoms with Gasteiger partial charge in [-0.05, 0) is 24.6 Å². The summed E-state index contributed by atoms with van der Waals surface area (Å²) in [5.74, 6) is 0.716. The summed E-state index contributed by atoms with van der Waals surface area (Å²) in [6.07, 6.45) is 0.272. The minimum atomic E-state index is -0.0203. The number of Topliss-reactive ketones (excluding diaryl/α,β-unsaturated/α-hetero) is 1. The molecule has 0 aliphatic rings. The molecule has 0 aliphatic carbocycles. The molecule has 0 saturated carbocycles. The molecule has 0 aliphatic heterocycles. The maximum Gasteiger partial charge on any atom is 0.203 e. The third-order valence-corrected chi connectivity index (χ3v) is 1.97. The van der Waals surface area contributed by atoms with Crippen molar-refractivity contribution in [2.45, 2.75) is 13.3 Å². The van der Waals surface area contributed by atoms with Gasteiger partial charge in [0.25, 0.3) is 0 Å². The summed E-state index contributed by atoms with van der Waals surface area (Å²) in [7, 11) is 2.93. The predicted octanol–water partition coefficient (Wildman–Crippen LogP) is 1.54. The van der Waals surface area contributed by atoms with Gasteiger partial charge in [-0.1, -0.05) is 0 Å². The summed E-state index contributed by atoms with van der Waals surface area (Å²) in [4.78, 5) is 10.9. The van der Waals surface area contributed by atoms with Crippen LogP contribution in [0.4, 0.5) is 0 Å². The molecule has 0 bridgehead atoms. The van der Waals surface area contributed by atoms with Crippen molar-refractivity contribution in [1.29, 1.82) is 0 Å². The summed E-state index contributed by atoms with van der Waals surface area (Å²) >= 11 is 0. The molecule has 0 saturated heterocycles. The van der Waals surface area contributed by atoms with Gasteiger partial charge < -0.3 is 14.6 Å². The number of aromatic hydroxyl groups is 1. The molecule has 4 heteroatoms. The van der Waals surface area contributed by atoms with E-state index in [-0.39, 0.29) is 23.7 Å². The van der Waals surface area contributed by atoms with Crippen molar-refractivity contribution in [1.82, 2.24) is 0 Å². The third kappa shape index (κ3) is 2.62. The van der Waals surface area contributed by atoms with Crippen molar-refractivity contribution in [3.05, 3.63) is 17.7 Å². The van der Waals surface area contributed by atoms with Gasteiger partial charge in [-0.25, -0.2) is 0 Å². The van der Waals surface area contributed by atoms with Crippen LogP contribution in [0, 0.1) is 0 Å². The molecule has 1 aromatic carbocycles. The van der Waals surface area contributed by atoms with E-state index in [9.17, 15) is 9.90 Å². The van der Waals surface area contributed by atoms with E-state index in [2.05, 4.69) is 0 Å². The number of carbonyl (C=O) groups is 1. The van der Waals surface area contributed by atoms with E-state index in [4.69, 9.17) is 9.47 Å². The number of hydrogen-bond acceptors (Lipinski definition) is 4. The lowest BCUT2D eigenvalue weighted by molar-refractivity contribution is -0.116. The Morgan fingerprint density at radius 3 is 2.47 bits per heavy atom. The number of carbonyl (C=O) groups excluding carboxylic acids is 1. The zero-order valence-electron chi connectivity index (χ0n) is 9.03. The molecule has 0 atom stereocenters. The SMILES string of the molecule is COc1cc(CC(C)=O)cc(O)c1OC. The van der Waals surface area contributed by atoms with Crippen LogP contribution in [0.25, 0.3) is 0 Å². The van der Waals surface area contributed by atoms with Gasteiger partial charge in [0.1, 0.15) is 5.78 Å². The number of phenolic OH excluding ortho intramolecular Hbond substituents is 1. The quantitative estimate of drug-likeness (QED) is 0.819. The second-order valence-electron chi connectivity index (χ2n) is 3.23. The number of methoxy groups -OCH3 is 2. The van der Waals surface area contributed by atoms with E-state index >= 15 is 0 Å². The van der Waals surface area contributed by atoms with Gasteiger partial charge in [0, 0.05) is 6.42 Å². The second-order valence-corrected chi connectivity index (χ2v) is 3.23. The van der Waals surface area contributed by atoms with Crippen molar-refractivity contribution >= 4 is 5.78 Å². The van der Waals surface area contributed by atoms with Crippen molar-refractivity contribution in [2.24, 2.45) is 0 Å². The maximum absolute atomic E-state index is 10.9. The molecular weight excluding hydrogens is 196 g/mol. The van der Waals surface area contributed by atoms with E-state index in [1.807, 2.05) is 0 Å². The van der Waals surface area contributed by atoms with E-state index in [1.54, 1.807) is 6.07 Å². The Morgan fingerprint density at radius 2 is 2.00 bits per heavy atom. The molecule has 4 nitrogen and oxygen atoms in total. The van der Waals surface area contributed by atoms with Crippen LogP contribution in [0.15, 0.2) is 12.1 Å². The monoisotopic (exact) mass is 210 g/mol. The standard InChI is InChI=1S/C11H14O4/c1-7(12)4-8-5-9(13)11(15-3)10(6-8)14-2/h5-6,13H,4H2,1-3H3. The van der Waals surface area contributed by atoms with Crippen LogP contribution in [-0.2, 0) is 11.2 Å². The number of phenols is 1. The fourth-order valence-corrected chi connectivity index (χ4v) is 1.39. The van der Waals surface area contributed by atoms with Crippen LogP contribution in [0.5, 0.6) is 17.2 Å². The first-order chi connectivity index (χ1) is 7.08. The molecule has 0 amide bonds. The highest BCUT2D eigenvalue weighted by molar-refractivity contribution is 5.78. The van der Waals surface area contributed by atoms with E-state index < -0.39 is 0 Å². The first-order valence-corrected chi connectivity index (χ1v) is 4.51. The van der Waals surface area contributed by atoms with Gasteiger partial charge in [-0.3, -0.25) is 4.79 Å². The average molecular weight is 210 g/mol. The molecule has 82 valence electrons. The molecule has 0 heterocycles. The zero-order chi connectivity index (χ0) is 11.4. The Balaban J connectivity index is 3.13. The first kappa shape index (κ1) is 11.4. The van der Waals surface area contributed by atoms with Crippen LogP contribution in [0.2, 0.25) is 0 Å². The lowest BCUT2D eigenvalue weighted by Gasteiger charge is -2.10. The summed E-state index contributed by atoms with van der Waals surface area (Å²) in [5.41, 5.74) is 0.706. The van der Waals surface area contributed by atoms with Gasteiger partial charge in [-0.2, -0.15) is 0 Å². The van der Waals surface area contributed by atoms with E-state index in [0.29, 0.717) is 11.3 Å². The highest BCUT2D eigenvalue weighted by atomic mass is 16.5. The summed E-state index contributed by atoms with van der Waals surface area (Å²) in [6.45, 7) is 1.49. The van der Waals surface area contributed by atoms with E-state index in [1.165, 1.54) is 27.2 Å². The zero-order valence-corrected chi connectivity index (χ0v) is 9.03. The molecule has 0 spiro atoms. The van der Waals surface area contributed by atoms with Crippen molar-refractivity contribution in [2.75, 3.05) is 14.2 Å². The Labute approximate surface area is 88.4 Å². The molecule has 0 fully saturated rings. The Hall–Kier alpha value is -1.71. The fraction of sp³-hybridized carbons (Fsp3) is 0.364. The molecule has 1 N–H and O–H groups in total. The van der Waals surface area contributed by atoms with Crippen LogP contribution in [0.3, 0.4) is 0 Å². The molecule has 0 aromatic heterocycles. The Bertz CT molecular complexity index is 371. The average Bonchev–Trinajstić information content (AvgIpc) is 2.15. The molecule has 1 rings (SSSR count). The number of benzene rings is 1. The van der Waals surface area contributed by atoms with Gasteiger partial charge in [0.15, 0.2) is 11.5 Å². The fourth-order valence-electron chi connectivity index (χ4n) is 1.39. The van der Waals surface area contributed by atoms with Crippen LogP contribution in [0.1, 0.15) is 12.5 Å². The highest BCUT2D eigenvalue weighted by Crippen LogP contribution is 2.37. The normalized spacial score (nSPS) is 9.80. The minimum absolute atomic E-state index is 0.0203. The third-order valence-electron chi connectivity index (χ3n) is 1.97. The number of ether oxygens (including phenoxy) is 2. The highest BCUT2D eigenvalue weighted by Gasteiger charge is 2.12. The molecule has 15 heavy (non-hydrogen) atoms. The summed E-state index contributed by atoms with van der Waals surface area (Å²) in [6, 6.07) is 3.18. The maximum atomic E-state index is 10.9. The lowest BCUT2D eigenvalue weighted by Crippen LogP contribution is -1.98. The number of rotatable bonds is 4. The van der Waals surface area contributed by atoms with Crippen LogP contribution in [-0.4, -0.2) is 25.1 Å². The predicted molar refractivity (Wildman–Crippen MR) is 55.6 cm³/mol. The van der Waals surface area contributed by atoms with Crippen molar-refractivity contribution in [3.8, 4) is 17.2 Å². The lowest BCUT2D eigenvalue weighted by atomic mass is 10.1. The van der Waals surface area contributed by atoms with Crippen LogP contribution < -0.4 is 9.47 Å². The first-order valence-electron chi connectivity index (χ1n) is 4.51. The molecular formula is C11H14O4. The molecule has 1 aromatic rings. The number of ketones is 1. The van der Waals surface area contributed by atoms with Gasteiger partial charge in [0.2, 0.25) is 5.75 Å². The largest absolute Gasteiger partial charge is 0.504 e. The summed E-state index contributed by atoms with van der Waals surface area (Å²) < 4.78 is 10.0. The van der Waals surface area contributed by atoms with Gasteiger partial charge >= 0.3 is 0 Å². The molecule has 0 unspecified atom stereocenters. The second kappa shape index (κ2) is 4.68. The van der Waals surface area contributed by atoms with Crippen LogP contribution >= 0.6 is 0 Å². The van der Waals surface area contributed by atoms with E-state index in [0.717, 1.165) is 0 Å². The van der Waals surface area contributed by atoms with Crippen molar-refractivity contribution in [3.63, 3.8) is 0 Å². The smallest absolute Gasteiger partial charge is 0.203 e.